The Labute approximate surface area is 619 Å². The Morgan fingerprint density at radius 2 is 1.27 bits per heavy atom. The van der Waals surface area contributed by atoms with Gasteiger partial charge in [0, 0.05) is 119 Å². The molecule has 5 aromatic carbocycles. The van der Waals surface area contributed by atoms with Gasteiger partial charge in [-0.3, -0.25) is 24.0 Å². The van der Waals surface area contributed by atoms with Gasteiger partial charge in [0.2, 0.25) is 24.0 Å². The molecule has 2 aliphatic carbocycles. The third-order valence-electron chi connectivity index (χ3n) is 21.0. The van der Waals surface area contributed by atoms with Crippen LogP contribution in [0.3, 0.4) is 0 Å². The molecule has 4 heterocycles. The SMILES string of the molecule is COC(=O)[C@H]1O[C@@H](Oc2cc(C)ccc2NC(=O)[C@H](C)CC(=O)[C@@H](NC(=O)CCOCCOCCN(C(=O)OCC2c3ccccc3-c3ccccc32)C2CCN(C(=O)CCn3c(CN(C)N(C)C(=O)OCC4c5ccccc5-c5ccccc54)cc4cccnc43)CC2)C(C)C)[C@H](C)[C@@H](C)[C@@H]1OC(C)=O. The minimum atomic E-state index is -1.26. The fourth-order valence-corrected chi connectivity index (χ4v) is 14.8. The van der Waals surface area contributed by atoms with E-state index in [1.807, 2.05) is 118 Å². The molecule has 2 aromatic heterocycles. The molecule has 2 N–H and O–H groups in total. The third-order valence-corrected chi connectivity index (χ3v) is 21.0. The maximum Gasteiger partial charge on any atom is 0.424 e. The van der Waals surface area contributed by atoms with Gasteiger partial charge in [0.15, 0.2) is 11.9 Å². The summed E-state index contributed by atoms with van der Waals surface area (Å²) in [7, 11) is 4.72. The number of hydrogen-bond acceptors (Lipinski definition) is 18. The lowest BCUT2D eigenvalue weighted by molar-refractivity contribution is -0.243. The summed E-state index contributed by atoms with van der Waals surface area (Å²) in [6.45, 7) is 14.6. The van der Waals surface area contributed by atoms with Crippen molar-refractivity contribution in [1.82, 2.24) is 34.7 Å². The van der Waals surface area contributed by atoms with Crippen LogP contribution in [-0.4, -0.2) is 188 Å². The number of rotatable bonds is 31. The van der Waals surface area contributed by atoms with Gasteiger partial charge >= 0.3 is 24.1 Å². The van der Waals surface area contributed by atoms with Crippen LogP contribution in [0.25, 0.3) is 33.3 Å². The highest BCUT2D eigenvalue weighted by atomic mass is 16.7. The molecule has 0 bridgehead atoms. The molecule has 7 atom stereocenters. The molecule has 11 rings (SSSR count). The van der Waals surface area contributed by atoms with Crippen molar-refractivity contribution < 1.29 is 76.3 Å². The molecule has 562 valence electrons. The number of methoxy groups -OCH3 is 1. The highest BCUT2D eigenvalue weighted by molar-refractivity contribution is 5.98. The van der Waals surface area contributed by atoms with Crippen LogP contribution < -0.4 is 15.4 Å². The lowest BCUT2D eigenvalue weighted by atomic mass is 9.84. The van der Waals surface area contributed by atoms with Crippen molar-refractivity contribution >= 4 is 64.4 Å². The van der Waals surface area contributed by atoms with Gasteiger partial charge in [-0.15, -0.1) is 0 Å². The standard InChI is InChI=1S/C82H98N8O16/c1-50(2)74(70(92)45-52(4)78(95)84-69-30-29-51(3)44-71(69)105-80-54(6)53(5)75(104-55(7)91)76(106-80)79(96)99-10)85-72(93)34-40-100-42-43-101-41-39-90(82(98)103-49-68-65-27-17-13-23-61(65)62-24-14-18-28-66(62)68)57-31-36-88(37-32-57)73(94)33-38-89-58(46-56-20-19-35-83-77(56)89)47-86(8)87(9)81(97)102-48-67-63-25-15-11-21-59(63)60-22-12-16-26-64(60)67/h11-30,35,44,46,50,52-54,57,67-68,74-76,80H,31-34,36-43,45,47-49H2,1-10H3,(H,84,95)(H,85,93)/t52-,53-,54-,74+,75+,76+,80-/m1/s1. The summed E-state index contributed by atoms with van der Waals surface area (Å²) >= 11 is 0. The van der Waals surface area contributed by atoms with Crippen molar-refractivity contribution in [3.63, 3.8) is 0 Å². The fraction of sp³-hybridized carbons (Fsp3) is 0.451. The maximum absolute atomic E-state index is 14.5. The number of esters is 2. The van der Waals surface area contributed by atoms with E-state index in [2.05, 4.69) is 59.2 Å². The van der Waals surface area contributed by atoms with Crippen molar-refractivity contribution in [3.05, 3.63) is 173 Å². The predicted octanol–water partition coefficient (Wildman–Crippen LogP) is 11.5. The second-order valence-corrected chi connectivity index (χ2v) is 28.4. The second kappa shape index (κ2) is 35.4. The van der Waals surface area contributed by atoms with Crippen molar-refractivity contribution in [2.24, 2.45) is 23.7 Å². The molecule has 0 spiro atoms. The number of nitrogens with one attached hydrogen (secondary N) is 2. The summed E-state index contributed by atoms with van der Waals surface area (Å²) in [5, 5.41) is 9.91. The molecule has 4 aliphatic rings. The van der Waals surface area contributed by atoms with Gasteiger partial charge in [-0.1, -0.05) is 138 Å². The molecule has 24 nitrogen and oxygen atoms in total. The Bertz CT molecular complexity index is 4210. The maximum atomic E-state index is 14.5. The topological polar surface area (TPSA) is 265 Å². The van der Waals surface area contributed by atoms with Crippen LogP contribution in [0.4, 0.5) is 15.3 Å². The third kappa shape index (κ3) is 18.1. The Morgan fingerprint density at radius 3 is 1.86 bits per heavy atom. The smallest absolute Gasteiger partial charge is 0.424 e. The van der Waals surface area contributed by atoms with Gasteiger partial charge in [0.25, 0.3) is 0 Å². The quantitative estimate of drug-likeness (QED) is 0.0177. The average molecular weight is 1450 g/mol. The van der Waals surface area contributed by atoms with Gasteiger partial charge in [-0.25, -0.2) is 29.4 Å². The number of carbonyl (C=O) groups is 8. The molecule has 2 fully saturated rings. The zero-order valence-corrected chi connectivity index (χ0v) is 62.2. The number of likely N-dealkylation sites (tertiary alicyclic amines) is 1. The number of aryl methyl sites for hydroxylation is 2. The van der Waals surface area contributed by atoms with E-state index in [0.717, 1.165) is 66.8 Å². The number of aromatic nitrogens is 2. The van der Waals surface area contributed by atoms with Gasteiger partial charge in [-0.2, -0.15) is 0 Å². The molecule has 0 radical (unpaired) electrons. The van der Waals surface area contributed by atoms with E-state index in [1.54, 1.807) is 48.3 Å². The van der Waals surface area contributed by atoms with Crippen LogP contribution >= 0.6 is 0 Å². The number of hydrogen-bond donors (Lipinski definition) is 2. The number of carbonyl (C=O) groups excluding carboxylic acids is 8. The summed E-state index contributed by atoms with van der Waals surface area (Å²) in [6.07, 6.45) is -1.41. The molecule has 106 heavy (non-hydrogen) atoms. The van der Waals surface area contributed by atoms with E-state index in [9.17, 15) is 38.4 Å². The molecule has 7 aromatic rings. The molecule has 2 saturated heterocycles. The number of Topliss-reactive ketones (excluding diaryl/α,β-unsaturated/α-hetero) is 1. The number of pyridine rings is 1. The Hall–Kier alpha value is -10.0. The zero-order chi connectivity index (χ0) is 75.3. The van der Waals surface area contributed by atoms with Crippen LogP contribution in [0.15, 0.2) is 140 Å². The molecular formula is C82H98N8O16. The van der Waals surface area contributed by atoms with E-state index in [0.29, 0.717) is 44.7 Å². The van der Waals surface area contributed by atoms with Gasteiger partial charge in [-0.05, 0) is 106 Å². The number of nitrogens with zero attached hydrogens (tertiary/aromatic N) is 6. The second-order valence-electron chi connectivity index (χ2n) is 28.4. The minimum absolute atomic E-state index is 0.0302. The highest BCUT2D eigenvalue weighted by Crippen LogP contribution is 2.46. The Kier molecular flexibility index (Phi) is 25.7. The normalized spacial score (nSPS) is 18.2. The minimum Gasteiger partial charge on any atom is -0.467 e. The van der Waals surface area contributed by atoms with Crippen molar-refractivity contribution in [1.29, 1.82) is 0 Å². The van der Waals surface area contributed by atoms with Crippen LogP contribution in [0, 0.1) is 30.6 Å². The number of hydrazine groups is 1. The first-order valence-corrected chi connectivity index (χ1v) is 36.7. The van der Waals surface area contributed by atoms with E-state index in [-0.39, 0.29) is 119 Å². The summed E-state index contributed by atoms with van der Waals surface area (Å²) in [5.74, 6) is -4.39. The molecule has 5 amide bonds. The number of fused-ring (bicyclic) bond motifs is 7. The summed E-state index contributed by atoms with van der Waals surface area (Å²) < 4.78 is 49.0. The summed E-state index contributed by atoms with van der Waals surface area (Å²) in [6, 6.07) is 42.7. The van der Waals surface area contributed by atoms with Gasteiger partial charge in [0.05, 0.1) is 51.8 Å². The molecule has 0 saturated carbocycles. The van der Waals surface area contributed by atoms with Crippen LogP contribution in [0.1, 0.15) is 119 Å². The summed E-state index contributed by atoms with van der Waals surface area (Å²) in [5.41, 5.74) is 11.7. The van der Waals surface area contributed by atoms with E-state index < -0.39 is 66.4 Å². The van der Waals surface area contributed by atoms with Gasteiger partial charge < -0.3 is 62.9 Å². The van der Waals surface area contributed by atoms with Crippen molar-refractivity contribution in [2.45, 2.75) is 136 Å². The molecular weight excluding hydrogens is 1350 g/mol. The van der Waals surface area contributed by atoms with Crippen LogP contribution in [0.2, 0.25) is 0 Å². The molecule has 24 heteroatoms. The first-order valence-electron chi connectivity index (χ1n) is 36.7. The van der Waals surface area contributed by atoms with Gasteiger partial charge in [0.1, 0.15) is 30.7 Å². The molecule has 2 aliphatic heterocycles. The predicted molar refractivity (Wildman–Crippen MR) is 397 cm³/mol. The number of benzene rings is 5. The number of ketones is 1. The highest BCUT2D eigenvalue weighted by Gasteiger charge is 2.49. The van der Waals surface area contributed by atoms with Crippen molar-refractivity contribution in [3.8, 4) is 28.0 Å². The molecule has 0 unspecified atom stereocenters. The average Bonchev–Trinajstić information content (AvgIpc) is 1.59. The monoisotopic (exact) mass is 1450 g/mol. The number of anilines is 1. The van der Waals surface area contributed by atoms with Crippen molar-refractivity contribution in [2.75, 3.05) is 85.8 Å². The number of ether oxygens (including phenoxy) is 8. The Balaban J connectivity index is 0.642. The van der Waals surface area contributed by atoms with Crippen LogP contribution in [-0.2, 0) is 75.0 Å². The lowest BCUT2D eigenvalue weighted by Crippen LogP contribution is -2.55. The number of amides is 5. The zero-order valence-electron chi connectivity index (χ0n) is 62.2. The Morgan fingerprint density at radius 1 is 0.689 bits per heavy atom. The first-order chi connectivity index (χ1) is 51.1. The van der Waals surface area contributed by atoms with E-state index >= 15 is 0 Å². The lowest BCUT2D eigenvalue weighted by Gasteiger charge is -2.42. The summed E-state index contributed by atoms with van der Waals surface area (Å²) in [4.78, 5) is 116. The largest absolute Gasteiger partial charge is 0.467 e. The first kappa shape index (κ1) is 77.1. The number of piperidine rings is 1. The van der Waals surface area contributed by atoms with E-state index in [1.165, 1.54) is 19.0 Å². The van der Waals surface area contributed by atoms with Crippen LogP contribution in [0.5, 0.6) is 5.75 Å². The fourth-order valence-electron chi connectivity index (χ4n) is 14.8. The van der Waals surface area contributed by atoms with E-state index in [4.69, 9.17) is 42.9 Å².